The minimum atomic E-state index is -0.348. The first-order valence-corrected chi connectivity index (χ1v) is 9.07. The molecular formula is C22H24N4O2. The average molecular weight is 376 g/mol. The molecule has 0 saturated heterocycles. The number of nitrogens with zero attached hydrogens (tertiary/aromatic N) is 2. The molecule has 1 aromatic heterocycles. The summed E-state index contributed by atoms with van der Waals surface area (Å²) < 4.78 is 5.96. The molecule has 0 radical (unpaired) electrons. The Morgan fingerprint density at radius 3 is 2.36 bits per heavy atom. The Morgan fingerprint density at radius 2 is 1.64 bits per heavy atom. The Bertz CT molecular complexity index is 966. The second-order valence-corrected chi connectivity index (χ2v) is 7.46. The summed E-state index contributed by atoms with van der Waals surface area (Å²) in [5.74, 6) is 1.46. The molecule has 0 spiro atoms. The molecule has 0 aliphatic carbocycles. The van der Waals surface area contributed by atoms with E-state index in [4.69, 9.17) is 4.74 Å². The Labute approximate surface area is 165 Å². The van der Waals surface area contributed by atoms with Crippen LogP contribution in [0.5, 0.6) is 11.5 Å². The van der Waals surface area contributed by atoms with Gasteiger partial charge in [0.1, 0.15) is 11.4 Å². The number of aromatic nitrogens is 2. The van der Waals surface area contributed by atoms with Crippen LogP contribution in [-0.2, 0) is 0 Å². The lowest BCUT2D eigenvalue weighted by atomic mass is 10.1. The summed E-state index contributed by atoms with van der Waals surface area (Å²) in [6, 6.07) is 18.7. The van der Waals surface area contributed by atoms with Gasteiger partial charge in [0, 0.05) is 11.2 Å². The van der Waals surface area contributed by atoms with Crippen molar-refractivity contribution in [2.24, 2.45) is 0 Å². The molecule has 0 aliphatic heterocycles. The van der Waals surface area contributed by atoms with Crippen LogP contribution in [0.25, 0.3) is 0 Å². The number of anilines is 2. The maximum atomic E-state index is 12.5. The van der Waals surface area contributed by atoms with Crippen LogP contribution in [0, 0.1) is 6.92 Å². The minimum Gasteiger partial charge on any atom is -0.455 e. The number of rotatable bonds is 5. The predicted octanol–water partition coefficient (Wildman–Crippen LogP) is 4.85. The quantitative estimate of drug-likeness (QED) is 0.666. The van der Waals surface area contributed by atoms with Crippen molar-refractivity contribution in [1.29, 1.82) is 0 Å². The zero-order valence-electron chi connectivity index (χ0n) is 16.5. The lowest BCUT2D eigenvalue weighted by Crippen LogP contribution is -2.41. The van der Waals surface area contributed by atoms with Crippen molar-refractivity contribution in [3.8, 4) is 11.5 Å². The number of aryl methyl sites for hydroxylation is 1. The van der Waals surface area contributed by atoms with Crippen LogP contribution < -0.4 is 15.4 Å². The average Bonchev–Trinajstić information content (AvgIpc) is 2.62. The Hall–Kier alpha value is -3.41. The van der Waals surface area contributed by atoms with Crippen LogP contribution in [0.1, 0.15) is 37.0 Å². The molecule has 28 heavy (non-hydrogen) atoms. The van der Waals surface area contributed by atoms with Gasteiger partial charge >= 0.3 is 0 Å². The highest BCUT2D eigenvalue weighted by molar-refractivity contribution is 5.93. The predicted molar refractivity (Wildman–Crippen MR) is 110 cm³/mol. The van der Waals surface area contributed by atoms with E-state index in [9.17, 15) is 4.79 Å². The second kappa shape index (κ2) is 8.08. The SMILES string of the molecule is Cc1cc(C(=O)NC(C)(C)C)nc(Nc2ccccc2Oc2ccccc2)n1. The number of carbonyl (C=O) groups excluding carboxylic acids is 1. The molecule has 2 N–H and O–H groups in total. The molecule has 0 atom stereocenters. The maximum Gasteiger partial charge on any atom is 0.270 e. The molecule has 2 aromatic carbocycles. The van der Waals surface area contributed by atoms with E-state index in [1.54, 1.807) is 6.07 Å². The van der Waals surface area contributed by atoms with Gasteiger partial charge in [0.2, 0.25) is 5.95 Å². The van der Waals surface area contributed by atoms with Gasteiger partial charge in [0.25, 0.3) is 5.91 Å². The van der Waals surface area contributed by atoms with Gasteiger partial charge in [-0.1, -0.05) is 30.3 Å². The van der Waals surface area contributed by atoms with Crippen LogP contribution >= 0.6 is 0 Å². The summed E-state index contributed by atoms with van der Waals surface area (Å²) in [6.45, 7) is 7.60. The first kappa shape index (κ1) is 19.4. The third-order valence-electron chi connectivity index (χ3n) is 3.68. The molecule has 1 heterocycles. The third-order valence-corrected chi connectivity index (χ3v) is 3.68. The van der Waals surface area contributed by atoms with Gasteiger partial charge in [-0.15, -0.1) is 0 Å². The zero-order chi connectivity index (χ0) is 20.1. The molecule has 0 bridgehead atoms. The molecule has 6 heteroatoms. The van der Waals surface area contributed by atoms with E-state index < -0.39 is 0 Å². The Kier molecular flexibility index (Phi) is 5.59. The van der Waals surface area contributed by atoms with Gasteiger partial charge in [0.05, 0.1) is 5.69 Å². The fourth-order valence-corrected chi connectivity index (χ4v) is 2.54. The van der Waals surface area contributed by atoms with E-state index in [-0.39, 0.29) is 11.4 Å². The number of hydrogen-bond acceptors (Lipinski definition) is 5. The molecular weight excluding hydrogens is 352 g/mol. The van der Waals surface area contributed by atoms with Crippen molar-refractivity contribution in [3.63, 3.8) is 0 Å². The van der Waals surface area contributed by atoms with Crippen LogP contribution in [0.4, 0.5) is 11.6 Å². The largest absolute Gasteiger partial charge is 0.455 e. The van der Waals surface area contributed by atoms with E-state index in [0.717, 1.165) is 5.75 Å². The van der Waals surface area contributed by atoms with Gasteiger partial charge in [0.15, 0.2) is 5.75 Å². The Morgan fingerprint density at radius 1 is 0.964 bits per heavy atom. The van der Waals surface area contributed by atoms with E-state index in [1.807, 2.05) is 82.3 Å². The van der Waals surface area contributed by atoms with E-state index in [1.165, 1.54) is 0 Å². The minimum absolute atomic E-state index is 0.241. The number of ether oxygens (including phenoxy) is 1. The smallest absolute Gasteiger partial charge is 0.270 e. The van der Waals surface area contributed by atoms with Gasteiger partial charge in [-0.3, -0.25) is 4.79 Å². The van der Waals surface area contributed by atoms with Gasteiger partial charge in [-0.25, -0.2) is 9.97 Å². The molecule has 3 aromatic rings. The molecule has 1 amide bonds. The van der Waals surface area contributed by atoms with E-state index in [0.29, 0.717) is 28.8 Å². The molecule has 144 valence electrons. The summed E-state index contributed by atoms with van der Waals surface area (Å²) in [7, 11) is 0. The molecule has 6 nitrogen and oxygen atoms in total. The number of hydrogen-bond donors (Lipinski definition) is 2. The maximum absolute atomic E-state index is 12.5. The highest BCUT2D eigenvalue weighted by Crippen LogP contribution is 2.30. The van der Waals surface area contributed by atoms with E-state index >= 15 is 0 Å². The normalized spacial score (nSPS) is 11.0. The molecule has 0 saturated carbocycles. The summed E-state index contributed by atoms with van der Waals surface area (Å²) in [6.07, 6.45) is 0. The lowest BCUT2D eigenvalue weighted by molar-refractivity contribution is 0.0914. The van der Waals surface area contributed by atoms with Crippen LogP contribution in [-0.4, -0.2) is 21.4 Å². The number of amides is 1. The van der Waals surface area contributed by atoms with Crippen LogP contribution in [0.2, 0.25) is 0 Å². The van der Waals surface area contributed by atoms with Crippen molar-refractivity contribution in [2.75, 3.05) is 5.32 Å². The van der Waals surface area contributed by atoms with Crippen molar-refractivity contribution in [2.45, 2.75) is 33.2 Å². The monoisotopic (exact) mass is 376 g/mol. The van der Waals surface area contributed by atoms with Crippen molar-refractivity contribution in [1.82, 2.24) is 15.3 Å². The summed E-state index contributed by atoms with van der Waals surface area (Å²) in [5, 5.41) is 6.08. The number of para-hydroxylation sites is 3. The van der Waals surface area contributed by atoms with Crippen LogP contribution in [0.15, 0.2) is 60.7 Å². The lowest BCUT2D eigenvalue weighted by Gasteiger charge is -2.20. The van der Waals surface area contributed by atoms with Gasteiger partial charge < -0.3 is 15.4 Å². The zero-order valence-corrected chi connectivity index (χ0v) is 16.5. The fraction of sp³-hybridized carbons (Fsp3) is 0.227. The first-order chi connectivity index (χ1) is 13.3. The second-order valence-electron chi connectivity index (χ2n) is 7.46. The number of nitrogens with one attached hydrogen (secondary N) is 2. The summed E-state index contributed by atoms with van der Waals surface area (Å²) in [4.78, 5) is 21.2. The van der Waals surface area contributed by atoms with Crippen molar-refractivity contribution < 1.29 is 9.53 Å². The summed E-state index contributed by atoms with van der Waals surface area (Å²) in [5.41, 5.74) is 1.36. The van der Waals surface area contributed by atoms with Crippen LogP contribution in [0.3, 0.4) is 0 Å². The Balaban J connectivity index is 1.85. The van der Waals surface area contributed by atoms with Gasteiger partial charge in [-0.05, 0) is 58.0 Å². The number of benzene rings is 2. The molecule has 0 aliphatic rings. The molecule has 0 unspecified atom stereocenters. The number of carbonyl (C=O) groups is 1. The fourth-order valence-electron chi connectivity index (χ4n) is 2.54. The third kappa shape index (κ3) is 5.30. The first-order valence-electron chi connectivity index (χ1n) is 9.07. The summed E-state index contributed by atoms with van der Waals surface area (Å²) >= 11 is 0. The van der Waals surface area contributed by atoms with Crippen molar-refractivity contribution in [3.05, 3.63) is 72.1 Å². The standard InChI is InChI=1S/C22H24N4O2/c1-15-14-18(20(27)26-22(2,3)4)25-21(23-15)24-17-12-8-9-13-19(17)28-16-10-6-5-7-11-16/h5-14H,1-4H3,(H,26,27)(H,23,24,25). The van der Waals surface area contributed by atoms with E-state index in [2.05, 4.69) is 20.6 Å². The highest BCUT2D eigenvalue weighted by atomic mass is 16.5. The topological polar surface area (TPSA) is 76.1 Å². The molecule has 3 rings (SSSR count). The van der Waals surface area contributed by atoms with Crippen molar-refractivity contribution >= 4 is 17.5 Å². The molecule has 0 fully saturated rings. The highest BCUT2D eigenvalue weighted by Gasteiger charge is 2.18. The van der Waals surface area contributed by atoms with Gasteiger partial charge in [-0.2, -0.15) is 0 Å².